The average Bonchev–Trinajstić information content (AvgIpc) is 2.85. The van der Waals surface area contributed by atoms with Gasteiger partial charge in [-0.25, -0.2) is 0 Å². The van der Waals surface area contributed by atoms with Crippen molar-refractivity contribution in [2.45, 2.75) is 19.8 Å². The molecule has 0 N–H and O–H groups in total. The van der Waals surface area contributed by atoms with Gasteiger partial charge in [-0.2, -0.15) is 0 Å². The zero-order valence-electron chi connectivity index (χ0n) is 14.7. The number of nitrogens with zero attached hydrogens (tertiary/aromatic N) is 3. The van der Waals surface area contributed by atoms with Crippen molar-refractivity contribution in [1.29, 1.82) is 0 Å². The molecule has 0 bridgehead atoms. The van der Waals surface area contributed by atoms with Crippen LogP contribution in [-0.4, -0.2) is 67.4 Å². The van der Waals surface area contributed by atoms with Crippen molar-refractivity contribution < 1.29 is 19.1 Å². The summed E-state index contributed by atoms with van der Waals surface area (Å²) < 4.78 is 5.41. The van der Waals surface area contributed by atoms with Gasteiger partial charge in [0.2, 0.25) is 11.8 Å². The first-order valence-electron chi connectivity index (χ1n) is 8.51. The molecule has 0 atom stereocenters. The average molecular weight is 345 g/mol. The Morgan fingerprint density at radius 3 is 2.60 bits per heavy atom. The Hall–Kier alpha value is -2.57. The van der Waals surface area contributed by atoms with Gasteiger partial charge in [0.25, 0.3) is 5.91 Å². The maximum atomic E-state index is 12.6. The van der Waals surface area contributed by atoms with E-state index < -0.39 is 0 Å². The number of benzene rings is 1. The van der Waals surface area contributed by atoms with Gasteiger partial charge in [0.15, 0.2) is 6.61 Å². The third-order valence-corrected chi connectivity index (χ3v) is 4.76. The van der Waals surface area contributed by atoms with Crippen LogP contribution in [0.15, 0.2) is 18.2 Å². The molecule has 0 aliphatic carbocycles. The minimum absolute atomic E-state index is 0.0380. The zero-order valence-corrected chi connectivity index (χ0v) is 14.7. The predicted molar refractivity (Wildman–Crippen MR) is 92.5 cm³/mol. The minimum atomic E-state index is -0.104. The fraction of sp³-hybridized carbons (Fsp3) is 0.500. The lowest BCUT2D eigenvalue weighted by Gasteiger charge is -2.26. The number of hydrogen-bond acceptors (Lipinski definition) is 4. The van der Waals surface area contributed by atoms with Gasteiger partial charge in [0, 0.05) is 40.2 Å². The Labute approximate surface area is 147 Å². The summed E-state index contributed by atoms with van der Waals surface area (Å²) in [5.41, 5.74) is 1.54. The molecule has 2 aliphatic rings. The fourth-order valence-corrected chi connectivity index (χ4v) is 3.20. The van der Waals surface area contributed by atoms with Gasteiger partial charge >= 0.3 is 0 Å². The third kappa shape index (κ3) is 3.75. The van der Waals surface area contributed by atoms with Gasteiger partial charge in [0.1, 0.15) is 5.75 Å². The molecule has 3 amide bonds. The van der Waals surface area contributed by atoms with Crippen LogP contribution in [0.5, 0.6) is 5.75 Å². The Bertz CT molecular complexity index is 704. The van der Waals surface area contributed by atoms with Gasteiger partial charge in [-0.05, 0) is 24.1 Å². The molecule has 134 valence electrons. The molecule has 3 rings (SSSR count). The number of fused-ring (bicyclic) bond motifs is 1. The summed E-state index contributed by atoms with van der Waals surface area (Å²) in [6.07, 6.45) is 1.07. The van der Waals surface area contributed by atoms with Crippen LogP contribution in [0.2, 0.25) is 0 Å². The van der Waals surface area contributed by atoms with Crippen LogP contribution in [0.4, 0.5) is 5.69 Å². The lowest BCUT2D eigenvalue weighted by molar-refractivity contribution is -0.132. The topological polar surface area (TPSA) is 70.2 Å². The molecule has 25 heavy (non-hydrogen) atoms. The fourth-order valence-electron chi connectivity index (χ4n) is 3.20. The molecular formula is C18H23N3O4. The highest BCUT2D eigenvalue weighted by Crippen LogP contribution is 2.32. The van der Waals surface area contributed by atoms with Crippen LogP contribution in [0.3, 0.4) is 0 Å². The lowest BCUT2D eigenvalue weighted by atomic mass is 10.1. The van der Waals surface area contributed by atoms with E-state index in [-0.39, 0.29) is 30.7 Å². The van der Waals surface area contributed by atoms with E-state index in [0.29, 0.717) is 37.6 Å². The van der Waals surface area contributed by atoms with E-state index in [1.807, 2.05) is 17.0 Å². The quantitative estimate of drug-likeness (QED) is 0.790. The standard InChI is InChI=1S/C18H23N3O4/c1-13(22)20-6-3-7-21(9-8-20)17(23)11-14-4-5-16-15(10-14)19(2)18(24)12-25-16/h4-5,10H,3,6-9,11-12H2,1-2H3. The van der Waals surface area contributed by atoms with Crippen molar-refractivity contribution in [3.05, 3.63) is 23.8 Å². The number of carbonyl (C=O) groups is 3. The largest absolute Gasteiger partial charge is 0.482 e. The highest BCUT2D eigenvalue weighted by atomic mass is 16.5. The maximum Gasteiger partial charge on any atom is 0.264 e. The molecule has 1 aromatic carbocycles. The Morgan fingerprint density at radius 1 is 1.12 bits per heavy atom. The summed E-state index contributed by atoms with van der Waals surface area (Å²) in [4.78, 5) is 41.0. The normalized spacial score (nSPS) is 17.7. The van der Waals surface area contributed by atoms with Gasteiger partial charge in [-0.15, -0.1) is 0 Å². The van der Waals surface area contributed by atoms with Crippen LogP contribution in [0, 0.1) is 0 Å². The van der Waals surface area contributed by atoms with Gasteiger partial charge in [-0.3, -0.25) is 14.4 Å². The second kappa shape index (κ2) is 7.13. The first-order chi connectivity index (χ1) is 12.0. The van der Waals surface area contributed by atoms with E-state index in [4.69, 9.17) is 4.74 Å². The molecule has 1 fully saturated rings. The second-order valence-electron chi connectivity index (χ2n) is 6.46. The minimum Gasteiger partial charge on any atom is -0.482 e. The smallest absolute Gasteiger partial charge is 0.264 e. The molecule has 2 aliphatic heterocycles. The van der Waals surface area contributed by atoms with E-state index in [2.05, 4.69) is 0 Å². The van der Waals surface area contributed by atoms with Crippen LogP contribution < -0.4 is 9.64 Å². The first-order valence-corrected chi connectivity index (χ1v) is 8.51. The van der Waals surface area contributed by atoms with Crippen LogP contribution in [0.25, 0.3) is 0 Å². The van der Waals surface area contributed by atoms with E-state index in [9.17, 15) is 14.4 Å². The summed E-state index contributed by atoms with van der Waals surface area (Å²) in [5.74, 6) is 0.644. The van der Waals surface area contributed by atoms with Crippen molar-refractivity contribution in [2.75, 3.05) is 44.7 Å². The van der Waals surface area contributed by atoms with Gasteiger partial charge in [-0.1, -0.05) is 6.07 Å². The Kier molecular flexibility index (Phi) is 4.92. The van der Waals surface area contributed by atoms with Crippen molar-refractivity contribution in [2.24, 2.45) is 0 Å². The summed E-state index contributed by atoms with van der Waals surface area (Å²) in [5, 5.41) is 0. The van der Waals surface area contributed by atoms with E-state index in [0.717, 1.165) is 12.0 Å². The van der Waals surface area contributed by atoms with E-state index in [1.54, 1.807) is 29.8 Å². The third-order valence-electron chi connectivity index (χ3n) is 4.76. The van der Waals surface area contributed by atoms with Crippen molar-refractivity contribution >= 4 is 23.4 Å². The monoisotopic (exact) mass is 345 g/mol. The lowest BCUT2D eigenvalue weighted by Crippen LogP contribution is -2.37. The molecule has 0 spiro atoms. The Balaban J connectivity index is 1.67. The van der Waals surface area contributed by atoms with Crippen LogP contribution >= 0.6 is 0 Å². The Morgan fingerprint density at radius 2 is 1.84 bits per heavy atom. The van der Waals surface area contributed by atoms with E-state index >= 15 is 0 Å². The molecule has 0 aromatic heterocycles. The molecule has 1 saturated heterocycles. The summed E-state index contributed by atoms with van der Waals surface area (Å²) >= 11 is 0. The number of rotatable bonds is 2. The van der Waals surface area contributed by atoms with Crippen molar-refractivity contribution in [1.82, 2.24) is 9.80 Å². The molecule has 2 heterocycles. The van der Waals surface area contributed by atoms with Crippen molar-refractivity contribution in [3.8, 4) is 5.75 Å². The number of likely N-dealkylation sites (N-methyl/N-ethyl adjacent to an activating group) is 1. The zero-order chi connectivity index (χ0) is 18.0. The molecular weight excluding hydrogens is 322 g/mol. The predicted octanol–water partition coefficient (Wildman–Crippen LogP) is 0.665. The number of carbonyl (C=O) groups excluding carboxylic acids is 3. The molecule has 0 saturated carbocycles. The van der Waals surface area contributed by atoms with Gasteiger partial charge < -0.3 is 19.4 Å². The molecule has 7 nitrogen and oxygen atoms in total. The second-order valence-corrected chi connectivity index (χ2v) is 6.46. The van der Waals surface area contributed by atoms with Gasteiger partial charge in [0.05, 0.1) is 12.1 Å². The number of anilines is 1. The summed E-state index contributed by atoms with van der Waals surface area (Å²) in [6, 6.07) is 5.50. The summed E-state index contributed by atoms with van der Waals surface area (Å²) in [6.45, 7) is 4.10. The number of hydrogen-bond donors (Lipinski definition) is 0. The number of amides is 3. The highest BCUT2D eigenvalue weighted by molar-refractivity contribution is 5.97. The van der Waals surface area contributed by atoms with Crippen LogP contribution in [-0.2, 0) is 20.8 Å². The summed E-state index contributed by atoms with van der Waals surface area (Å²) in [7, 11) is 1.71. The van der Waals surface area contributed by atoms with Crippen molar-refractivity contribution in [3.63, 3.8) is 0 Å². The number of ether oxygens (including phenoxy) is 1. The first kappa shape index (κ1) is 17.3. The molecule has 0 radical (unpaired) electrons. The molecule has 7 heteroatoms. The highest BCUT2D eigenvalue weighted by Gasteiger charge is 2.24. The van der Waals surface area contributed by atoms with E-state index in [1.165, 1.54) is 0 Å². The molecule has 1 aromatic rings. The SMILES string of the molecule is CC(=O)N1CCCN(C(=O)Cc2ccc3c(c2)N(C)C(=O)CO3)CC1. The molecule has 0 unspecified atom stereocenters. The van der Waals surface area contributed by atoms with Crippen LogP contribution in [0.1, 0.15) is 18.9 Å². The maximum absolute atomic E-state index is 12.6.